The lowest BCUT2D eigenvalue weighted by atomic mass is 10.1. The Hall–Kier alpha value is -2.48. The summed E-state index contributed by atoms with van der Waals surface area (Å²) in [6.45, 7) is 2.13. The Morgan fingerprint density at radius 2 is 2.04 bits per heavy atom. The van der Waals surface area contributed by atoms with Crippen molar-refractivity contribution in [2.24, 2.45) is 7.05 Å². The van der Waals surface area contributed by atoms with E-state index in [1.807, 2.05) is 19.1 Å². The summed E-state index contributed by atoms with van der Waals surface area (Å²) in [5.74, 6) is 0.161. The maximum absolute atomic E-state index is 13.3. The fourth-order valence-corrected chi connectivity index (χ4v) is 2.62. The second kappa shape index (κ2) is 6.56. The van der Waals surface area contributed by atoms with Crippen LogP contribution in [0, 0.1) is 12.7 Å². The summed E-state index contributed by atoms with van der Waals surface area (Å²) in [6, 6.07) is 9.97. The third kappa shape index (κ3) is 3.09. The third-order valence-corrected chi connectivity index (χ3v) is 4.22. The van der Waals surface area contributed by atoms with Crippen molar-refractivity contribution in [3.63, 3.8) is 0 Å². The number of benzene rings is 2. The Morgan fingerprint density at radius 3 is 2.71 bits per heavy atom. The second-order valence-electron chi connectivity index (χ2n) is 5.23. The van der Waals surface area contributed by atoms with E-state index in [0.717, 1.165) is 15.8 Å². The summed E-state index contributed by atoms with van der Waals surface area (Å²) in [4.78, 5) is 12.1. The van der Waals surface area contributed by atoms with E-state index in [1.165, 1.54) is 17.8 Å². The molecule has 24 heavy (non-hydrogen) atoms. The lowest BCUT2D eigenvalue weighted by molar-refractivity contribution is 0.304. The van der Waals surface area contributed by atoms with E-state index >= 15 is 0 Å². The first kappa shape index (κ1) is 16.4. The third-order valence-electron chi connectivity index (χ3n) is 3.61. The van der Waals surface area contributed by atoms with Gasteiger partial charge in [-0.3, -0.25) is 0 Å². The van der Waals surface area contributed by atoms with E-state index in [1.54, 1.807) is 18.2 Å². The van der Waals surface area contributed by atoms with Gasteiger partial charge in [0.25, 0.3) is 0 Å². The van der Waals surface area contributed by atoms with Crippen LogP contribution in [0.3, 0.4) is 0 Å². The van der Waals surface area contributed by atoms with Gasteiger partial charge in [0.2, 0.25) is 0 Å². The average Bonchev–Trinajstić information content (AvgIpc) is 2.89. The van der Waals surface area contributed by atoms with Crippen molar-refractivity contribution in [3.05, 3.63) is 68.3 Å². The van der Waals surface area contributed by atoms with Crippen molar-refractivity contribution in [1.82, 2.24) is 19.8 Å². The molecule has 0 aliphatic rings. The minimum absolute atomic E-state index is 0.211. The molecular formula is C16H14BrFN4O2. The predicted octanol–water partition coefficient (Wildman–Crippen LogP) is 2.76. The topological polar surface area (TPSA) is 61.9 Å². The largest absolute Gasteiger partial charge is 0.489 e. The number of halogens is 2. The van der Waals surface area contributed by atoms with E-state index < -0.39 is 0 Å². The summed E-state index contributed by atoms with van der Waals surface area (Å²) >= 11 is 3.13. The minimum atomic E-state index is -0.356. The highest BCUT2D eigenvalue weighted by molar-refractivity contribution is 9.10. The van der Waals surface area contributed by atoms with Crippen LogP contribution in [0.1, 0.15) is 11.1 Å². The Morgan fingerprint density at radius 1 is 1.25 bits per heavy atom. The molecule has 0 saturated heterocycles. The molecule has 3 rings (SSSR count). The highest BCUT2D eigenvalue weighted by Crippen LogP contribution is 2.24. The van der Waals surface area contributed by atoms with Crippen LogP contribution >= 0.6 is 15.9 Å². The van der Waals surface area contributed by atoms with Crippen LogP contribution in [-0.2, 0) is 13.7 Å². The van der Waals surface area contributed by atoms with Crippen LogP contribution in [0.5, 0.6) is 5.75 Å². The van der Waals surface area contributed by atoms with Crippen molar-refractivity contribution < 1.29 is 9.13 Å². The lowest BCUT2D eigenvalue weighted by Gasteiger charge is -2.13. The van der Waals surface area contributed by atoms with Crippen LogP contribution in [0.2, 0.25) is 0 Å². The van der Waals surface area contributed by atoms with Gasteiger partial charge in [0.05, 0.1) is 10.2 Å². The van der Waals surface area contributed by atoms with Gasteiger partial charge in [-0.25, -0.2) is 9.18 Å². The molecule has 1 aromatic heterocycles. The summed E-state index contributed by atoms with van der Waals surface area (Å²) in [5, 5.41) is 7.60. The highest BCUT2D eigenvalue weighted by Gasteiger charge is 2.13. The molecule has 124 valence electrons. The number of hydrogen-bond acceptors (Lipinski definition) is 4. The van der Waals surface area contributed by atoms with Crippen molar-refractivity contribution in [2.45, 2.75) is 13.5 Å². The van der Waals surface area contributed by atoms with Gasteiger partial charge in [0, 0.05) is 12.6 Å². The van der Waals surface area contributed by atoms with Crippen molar-refractivity contribution in [2.75, 3.05) is 0 Å². The van der Waals surface area contributed by atoms with Gasteiger partial charge in [-0.05, 0) is 63.1 Å². The summed E-state index contributed by atoms with van der Waals surface area (Å²) in [7, 11) is 1.54. The highest BCUT2D eigenvalue weighted by atomic mass is 79.9. The van der Waals surface area contributed by atoms with Gasteiger partial charge in [-0.2, -0.15) is 9.36 Å². The van der Waals surface area contributed by atoms with Crippen molar-refractivity contribution >= 4 is 15.9 Å². The fraction of sp³-hybridized carbons (Fsp3) is 0.188. The lowest BCUT2D eigenvalue weighted by Crippen LogP contribution is -2.23. The standard InChI is InChI=1S/C16H14BrFN4O2/c1-10-4-3-5-15(22-16(23)21(2)19-20-22)12(10)9-24-11-6-7-14(18)13(17)8-11/h3-8H,9H2,1-2H3. The van der Waals surface area contributed by atoms with Gasteiger partial charge in [-0.1, -0.05) is 12.1 Å². The Balaban J connectivity index is 1.94. The number of ether oxygens (including phenoxy) is 1. The van der Waals surface area contributed by atoms with Gasteiger partial charge < -0.3 is 4.74 Å². The van der Waals surface area contributed by atoms with E-state index in [4.69, 9.17) is 4.74 Å². The molecule has 0 unspecified atom stereocenters. The molecule has 0 N–H and O–H groups in total. The smallest absolute Gasteiger partial charge is 0.368 e. The maximum atomic E-state index is 13.3. The van der Waals surface area contributed by atoms with Crippen molar-refractivity contribution in [3.8, 4) is 11.4 Å². The summed E-state index contributed by atoms with van der Waals surface area (Å²) in [6.07, 6.45) is 0. The molecule has 1 heterocycles. The van der Waals surface area contributed by atoms with Crippen LogP contribution in [0.4, 0.5) is 4.39 Å². The molecule has 0 bridgehead atoms. The molecule has 0 atom stereocenters. The van der Waals surface area contributed by atoms with Crippen LogP contribution < -0.4 is 10.4 Å². The van der Waals surface area contributed by atoms with E-state index in [0.29, 0.717) is 15.9 Å². The molecule has 3 aromatic rings. The number of rotatable bonds is 4. The molecule has 2 aromatic carbocycles. The molecule has 0 aliphatic carbocycles. The summed E-state index contributed by atoms with van der Waals surface area (Å²) in [5.41, 5.74) is 2.02. The molecule has 0 saturated carbocycles. The van der Waals surface area contributed by atoms with Gasteiger partial charge >= 0.3 is 5.69 Å². The molecule has 0 fully saturated rings. The van der Waals surface area contributed by atoms with E-state index in [-0.39, 0.29) is 18.1 Å². The maximum Gasteiger partial charge on any atom is 0.368 e. The fourth-order valence-electron chi connectivity index (χ4n) is 2.26. The summed E-state index contributed by atoms with van der Waals surface area (Å²) < 4.78 is 21.8. The van der Waals surface area contributed by atoms with Gasteiger partial charge in [0.15, 0.2) is 0 Å². The van der Waals surface area contributed by atoms with E-state index in [2.05, 4.69) is 26.4 Å². The molecule has 8 heteroatoms. The number of hydrogen-bond donors (Lipinski definition) is 0. The van der Waals surface area contributed by atoms with Crippen LogP contribution in [0.15, 0.2) is 45.7 Å². The van der Waals surface area contributed by atoms with Gasteiger partial charge in [0.1, 0.15) is 18.2 Å². The predicted molar refractivity (Wildman–Crippen MR) is 89.8 cm³/mol. The zero-order valence-corrected chi connectivity index (χ0v) is 14.6. The number of aryl methyl sites for hydroxylation is 2. The molecule has 6 nitrogen and oxygen atoms in total. The van der Waals surface area contributed by atoms with Crippen LogP contribution in [0.25, 0.3) is 5.69 Å². The zero-order valence-electron chi connectivity index (χ0n) is 13.0. The zero-order chi connectivity index (χ0) is 17.3. The first-order chi connectivity index (χ1) is 11.5. The molecule has 0 aliphatic heterocycles. The first-order valence-corrected chi connectivity index (χ1v) is 7.92. The first-order valence-electron chi connectivity index (χ1n) is 7.13. The molecule has 0 spiro atoms. The molecular weight excluding hydrogens is 379 g/mol. The monoisotopic (exact) mass is 392 g/mol. The number of nitrogens with zero attached hydrogens (tertiary/aromatic N) is 4. The van der Waals surface area contributed by atoms with Crippen molar-refractivity contribution in [1.29, 1.82) is 0 Å². The average molecular weight is 393 g/mol. The molecule has 0 amide bonds. The quantitative estimate of drug-likeness (QED) is 0.684. The Bertz CT molecular complexity index is 951. The normalized spacial score (nSPS) is 10.8. The van der Waals surface area contributed by atoms with Crippen LogP contribution in [-0.4, -0.2) is 19.8 Å². The van der Waals surface area contributed by atoms with Gasteiger partial charge in [-0.15, -0.1) is 0 Å². The Kier molecular flexibility index (Phi) is 4.48. The van der Waals surface area contributed by atoms with E-state index in [9.17, 15) is 9.18 Å². The Labute approximate surface area is 145 Å². The minimum Gasteiger partial charge on any atom is -0.489 e. The number of tetrazole rings is 1. The SMILES string of the molecule is Cc1cccc(-n2nnn(C)c2=O)c1COc1ccc(F)c(Br)c1. The number of aromatic nitrogens is 4. The second-order valence-corrected chi connectivity index (χ2v) is 6.09. The molecule has 0 radical (unpaired) electrons.